The molecule has 1 aliphatic rings. The van der Waals surface area contributed by atoms with Crippen LogP contribution in [0.1, 0.15) is 16.7 Å². The number of amides is 2. The van der Waals surface area contributed by atoms with Crippen LogP contribution in [0, 0.1) is 6.92 Å². The van der Waals surface area contributed by atoms with E-state index in [1.54, 1.807) is 16.2 Å². The maximum atomic E-state index is 12.4. The number of aliphatic carboxylic acids is 1. The second kappa shape index (κ2) is 8.25. The van der Waals surface area contributed by atoms with Crippen LogP contribution in [0.5, 0.6) is 0 Å². The molecule has 2 heterocycles. The average Bonchev–Trinajstić information content (AvgIpc) is 2.91. The van der Waals surface area contributed by atoms with Crippen LogP contribution in [0.4, 0.5) is 0 Å². The van der Waals surface area contributed by atoms with Crippen molar-refractivity contribution in [3.63, 3.8) is 0 Å². The normalized spacial score (nSPS) is 17.6. The lowest BCUT2D eigenvalue weighted by Crippen LogP contribution is -2.51. The van der Waals surface area contributed by atoms with Crippen LogP contribution in [0.25, 0.3) is 0 Å². The summed E-state index contributed by atoms with van der Waals surface area (Å²) in [6.07, 6.45) is -0.00688. The van der Waals surface area contributed by atoms with Gasteiger partial charge in [0.05, 0.1) is 19.1 Å². The second-order valence-electron chi connectivity index (χ2n) is 5.81. The fourth-order valence-electron chi connectivity index (χ4n) is 2.61. The molecule has 1 unspecified atom stereocenters. The van der Waals surface area contributed by atoms with Crippen molar-refractivity contribution in [2.24, 2.45) is 0 Å². The van der Waals surface area contributed by atoms with Crippen molar-refractivity contribution in [3.8, 4) is 0 Å². The molecule has 0 spiro atoms. The molecular formula is C16H22N2O5S. The Labute approximate surface area is 144 Å². The van der Waals surface area contributed by atoms with Gasteiger partial charge in [-0.05, 0) is 19.1 Å². The zero-order valence-electron chi connectivity index (χ0n) is 13.9. The zero-order valence-corrected chi connectivity index (χ0v) is 14.7. The van der Waals surface area contributed by atoms with E-state index in [4.69, 9.17) is 9.84 Å². The molecule has 0 aromatic carbocycles. The van der Waals surface area contributed by atoms with Crippen LogP contribution >= 0.6 is 11.3 Å². The van der Waals surface area contributed by atoms with Gasteiger partial charge in [0, 0.05) is 36.3 Å². The number of carbonyl (C=O) groups is 3. The number of carboxylic acid groups (broad SMARTS) is 1. The van der Waals surface area contributed by atoms with Crippen LogP contribution < -0.4 is 0 Å². The number of hydrogen-bond acceptors (Lipinski definition) is 5. The summed E-state index contributed by atoms with van der Waals surface area (Å²) in [6.45, 7) is 4.40. The van der Waals surface area contributed by atoms with Crippen molar-refractivity contribution in [1.29, 1.82) is 0 Å². The number of carbonyl (C=O) groups excluding carboxylic acids is 2. The predicted molar refractivity (Wildman–Crippen MR) is 89.0 cm³/mol. The third-order valence-electron chi connectivity index (χ3n) is 3.81. The smallest absolute Gasteiger partial charge is 0.323 e. The van der Waals surface area contributed by atoms with Gasteiger partial charge in [0.15, 0.2) is 0 Å². The summed E-state index contributed by atoms with van der Waals surface area (Å²) in [5, 5.41) is 8.87. The highest BCUT2D eigenvalue weighted by atomic mass is 32.1. The predicted octanol–water partition coefficient (Wildman–Crippen LogP) is 0.760. The minimum atomic E-state index is -1.07. The fourth-order valence-corrected chi connectivity index (χ4v) is 3.49. The molecule has 1 aromatic heterocycles. The Hall–Kier alpha value is -1.93. The van der Waals surface area contributed by atoms with Gasteiger partial charge in [-0.3, -0.25) is 14.4 Å². The third kappa shape index (κ3) is 5.31. The van der Waals surface area contributed by atoms with Crippen LogP contribution in [0.15, 0.2) is 12.1 Å². The molecule has 0 radical (unpaired) electrons. The summed E-state index contributed by atoms with van der Waals surface area (Å²) in [5.74, 6) is -1.36. The molecule has 7 nitrogen and oxygen atoms in total. The van der Waals surface area contributed by atoms with Crippen molar-refractivity contribution < 1.29 is 24.2 Å². The molecule has 0 bridgehead atoms. The molecule has 2 amide bonds. The second-order valence-corrected chi connectivity index (χ2v) is 7.19. The van der Waals surface area contributed by atoms with Crippen LogP contribution in [-0.2, 0) is 25.5 Å². The quantitative estimate of drug-likeness (QED) is 0.815. The molecule has 8 heteroatoms. The van der Waals surface area contributed by atoms with Gasteiger partial charge in [-0.1, -0.05) is 0 Å². The first kappa shape index (κ1) is 18.4. The number of morpholine rings is 1. The Morgan fingerprint density at radius 2 is 2.17 bits per heavy atom. The molecule has 24 heavy (non-hydrogen) atoms. The lowest BCUT2D eigenvalue weighted by atomic mass is 10.2. The maximum Gasteiger partial charge on any atom is 0.323 e. The van der Waals surface area contributed by atoms with E-state index in [9.17, 15) is 14.4 Å². The number of carboxylic acids is 1. The first-order valence-electron chi connectivity index (χ1n) is 7.77. The first-order chi connectivity index (χ1) is 11.3. The average molecular weight is 354 g/mol. The highest BCUT2D eigenvalue weighted by Crippen LogP contribution is 2.17. The number of aryl methyl sites for hydroxylation is 1. The van der Waals surface area contributed by atoms with E-state index in [0.29, 0.717) is 26.1 Å². The number of hydrogen-bond donors (Lipinski definition) is 1. The van der Waals surface area contributed by atoms with Gasteiger partial charge in [0.25, 0.3) is 0 Å². The molecule has 1 aromatic rings. The molecule has 1 aliphatic heterocycles. The summed E-state index contributed by atoms with van der Waals surface area (Å²) in [5.41, 5.74) is 0. The van der Waals surface area contributed by atoms with Crippen molar-refractivity contribution in [3.05, 3.63) is 21.9 Å². The molecule has 1 atom stereocenters. The van der Waals surface area contributed by atoms with Gasteiger partial charge in [-0.25, -0.2) is 0 Å². The first-order valence-corrected chi connectivity index (χ1v) is 8.59. The Balaban J connectivity index is 1.91. The van der Waals surface area contributed by atoms with Crippen LogP contribution in [-0.4, -0.2) is 71.6 Å². The number of nitrogens with zero attached hydrogens (tertiary/aromatic N) is 2. The Morgan fingerprint density at radius 1 is 1.42 bits per heavy atom. The van der Waals surface area contributed by atoms with Gasteiger partial charge in [-0.2, -0.15) is 0 Å². The molecule has 0 saturated carbocycles. The molecule has 132 valence electrons. The molecule has 1 N–H and O–H groups in total. The lowest BCUT2D eigenvalue weighted by Gasteiger charge is -2.35. The standard InChI is InChI=1S/C16H22N2O5S/c1-11-3-4-14(24-11)7-15(20)17-5-6-23-13(8-17)9-18(12(2)19)10-16(21)22/h3-4,13H,5-10H2,1-2H3,(H,21,22). The topological polar surface area (TPSA) is 87.2 Å². The van der Waals surface area contributed by atoms with E-state index in [1.165, 1.54) is 16.7 Å². The van der Waals surface area contributed by atoms with Gasteiger partial charge >= 0.3 is 5.97 Å². The molecule has 2 rings (SSSR count). The van der Waals surface area contributed by atoms with E-state index in [-0.39, 0.29) is 31.0 Å². The number of ether oxygens (including phenoxy) is 1. The minimum absolute atomic E-state index is 0.0257. The molecule has 1 fully saturated rings. The fraction of sp³-hybridized carbons (Fsp3) is 0.562. The van der Waals surface area contributed by atoms with Gasteiger partial charge in [-0.15, -0.1) is 11.3 Å². The van der Waals surface area contributed by atoms with Gasteiger partial charge in [0.2, 0.25) is 11.8 Å². The van der Waals surface area contributed by atoms with Gasteiger partial charge in [0.1, 0.15) is 6.54 Å². The van der Waals surface area contributed by atoms with E-state index in [0.717, 1.165) is 4.88 Å². The van der Waals surface area contributed by atoms with Crippen molar-refractivity contribution >= 4 is 29.1 Å². The Bertz CT molecular complexity index is 615. The van der Waals surface area contributed by atoms with Crippen LogP contribution in [0.2, 0.25) is 0 Å². The van der Waals surface area contributed by atoms with Crippen LogP contribution in [0.3, 0.4) is 0 Å². The highest BCUT2D eigenvalue weighted by Gasteiger charge is 2.27. The summed E-state index contributed by atoms with van der Waals surface area (Å²) < 4.78 is 5.60. The summed E-state index contributed by atoms with van der Waals surface area (Å²) >= 11 is 1.61. The van der Waals surface area contributed by atoms with E-state index >= 15 is 0 Å². The summed E-state index contributed by atoms with van der Waals surface area (Å²) in [4.78, 5) is 39.9. The molecule has 1 saturated heterocycles. The van der Waals surface area contributed by atoms with E-state index in [1.807, 2.05) is 19.1 Å². The number of rotatable bonds is 6. The Morgan fingerprint density at radius 3 is 2.75 bits per heavy atom. The van der Waals surface area contributed by atoms with Crippen molar-refractivity contribution in [2.45, 2.75) is 26.4 Å². The van der Waals surface area contributed by atoms with Crippen molar-refractivity contribution in [2.75, 3.05) is 32.8 Å². The number of thiophene rings is 1. The van der Waals surface area contributed by atoms with E-state index < -0.39 is 5.97 Å². The third-order valence-corrected chi connectivity index (χ3v) is 4.81. The monoisotopic (exact) mass is 354 g/mol. The van der Waals surface area contributed by atoms with E-state index in [2.05, 4.69) is 0 Å². The Kier molecular flexibility index (Phi) is 6.33. The summed E-state index contributed by atoms with van der Waals surface area (Å²) in [7, 11) is 0. The molecular weight excluding hydrogens is 332 g/mol. The SMILES string of the molecule is CC(=O)N(CC(=O)O)CC1CN(C(=O)Cc2ccc(C)s2)CCO1. The van der Waals surface area contributed by atoms with Gasteiger partial charge < -0.3 is 19.6 Å². The largest absolute Gasteiger partial charge is 0.480 e. The minimum Gasteiger partial charge on any atom is -0.480 e. The summed E-state index contributed by atoms with van der Waals surface area (Å²) in [6, 6.07) is 3.95. The lowest BCUT2D eigenvalue weighted by molar-refractivity contribution is -0.147. The maximum absolute atomic E-state index is 12.4. The van der Waals surface area contributed by atoms with Crippen molar-refractivity contribution in [1.82, 2.24) is 9.80 Å². The highest BCUT2D eigenvalue weighted by molar-refractivity contribution is 7.12. The molecule has 0 aliphatic carbocycles. The zero-order chi connectivity index (χ0) is 17.7.